The van der Waals surface area contributed by atoms with E-state index in [0.29, 0.717) is 19.0 Å². The molecule has 1 saturated carbocycles. The van der Waals surface area contributed by atoms with Crippen molar-refractivity contribution < 1.29 is 14.7 Å². The minimum absolute atomic E-state index is 0.0000666. The van der Waals surface area contributed by atoms with Crippen LogP contribution in [-0.2, 0) is 9.59 Å². The zero-order valence-corrected chi connectivity index (χ0v) is 11.7. The van der Waals surface area contributed by atoms with Crippen LogP contribution in [0.3, 0.4) is 0 Å². The number of carbonyl (C=O) groups is 2. The van der Waals surface area contributed by atoms with E-state index >= 15 is 0 Å². The predicted molar refractivity (Wildman–Crippen MR) is 71.4 cm³/mol. The Kier molecular flexibility index (Phi) is 4.80. The molecule has 1 unspecified atom stereocenters. The molecule has 0 aromatic heterocycles. The lowest BCUT2D eigenvalue weighted by atomic mass is 10.0. The first-order valence-electron chi connectivity index (χ1n) is 7.35. The first kappa shape index (κ1) is 14.3. The van der Waals surface area contributed by atoms with Crippen LogP contribution in [0, 0.1) is 5.92 Å². The Bertz CT molecular complexity index is 340. The second-order valence-corrected chi connectivity index (χ2v) is 5.70. The fourth-order valence-electron chi connectivity index (χ4n) is 3.06. The first-order chi connectivity index (χ1) is 9.11. The number of aliphatic hydroxyl groups is 1. The summed E-state index contributed by atoms with van der Waals surface area (Å²) in [5.41, 5.74) is 0. The van der Waals surface area contributed by atoms with Crippen molar-refractivity contribution in [3.8, 4) is 0 Å². The molecule has 0 aromatic rings. The van der Waals surface area contributed by atoms with Crippen LogP contribution in [0.4, 0.5) is 0 Å². The van der Waals surface area contributed by atoms with Crippen molar-refractivity contribution in [3.63, 3.8) is 0 Å². The maximum atomic E-state index is 12.0. The van der Waals surface area contributed by atoms with Crippen LogP contribution >= 0.6 is 0 Å². The lowest BCUT2D eigenvalue weighted by Gasteiger charge is -2.35. The number of nitrogens with zero attached hydrogens (tertiary/aromatic N) is 2. The van der Waals surface area contributed by atoms with E-state index < -0.39 is 6.10 Å². The van der Waals surface area contributed by atoms with Crippen molar-refractivity contribution in [2.24, 2.45) is 5.92 Å². The van der Waals surface area contributed by atoms with Gasteiger partial charge in [-0.25, -0.2) is 0 Å². The maximum Gasteiger partial charge on any atom is 0.242 e. The Morgan fingerprint density at radius 3 is 2.37 bits per heavy atom. The normalized spacial score (nSPS) is 23.3. The van der Waals surface area contributed by atoms with Gasteiger partial charge in [0.25, 0.3) is 0 Å². The molecule has 2 rings (SSSR count). The maximum absolute atomic E-state index is 12.0. The fraction of sp³-hybridized carbons (Fsp3) is 0.857. The Hall–Kier alpha value is -1.10. The van der Waals surface area contributed by atoms with Gasteiger partial charge in [-0.2, -0.15) is 0 Å². The summed E-state index contributed by atoms with van der Waals surface area (Å²) in [6.07, 6.45) is 4.80. The second kappa shape index (κ2) is 6.37. The van der Waals surface area contributed by atoms with Crippen LogP contribution in [0.25, 0.3) is 0 Å². The third-order valence-corrected chi connectivity index (χ3v) is 4.20. The Balaban J connectivity index is 1.87. The van der Waals surface area contributed by atoms with E-state index in [0.717, 1.165) is 19.3 Å². The minimum Gasteiger partial charge on any atom is -0.391 e. The molecule has 1 heterocycles. The Labute approximate surface area is 114 Å². The summed E-state index contributed by atoms with van der Waals surface area (Å²) in [5, 5.41) is 10.2. The molecule has 19 heavy (non-hydrogen) atoms. The zero-order valence-electron chi connectivity index (χ0n) is 11.7. The lowest BCUT2D eigenvalue weighted by Crippen LogP contribution is -2.55. The van der Waals surface area contributed by atoms with E-state index in [2.05, 4.69) is 0 Å². The van der Waals surface area contributed by atoms with Gasteiger partial charge in [0.2, 0.25) is 11.8 Å². The monoisotopic (exact) mass is 268 g/mol. The standard InChI is InChI=1S/C14H24N2O3/c1-2-7-15-9-14(19)16(10-13(15)18)8-12(17)11-5-3-4-6-11/h11-12,17H,2-10H2,1H3. The summed E-state index contributed by atoms with van der Waals surface area (Å²) < 4.78 is 0. The SMILES string of the molecule is CCCN1CC(=O)N(CC(O)C2CCCC2)CC1=O. The highest BCUT2D eigenvalue weighted by atomic mass is 16.3. The minimum atomic E-state index is -0.475. The van der Waals surface area contributed by atoms with E-state index in [-0.39, 0.29) is 24.9 Å². The topological polar surface area (TPSA) is 60.9 Å². The van der Waals surface area contributed by atoms with Crippen LogP contribution in [0.15, 0.2) is 0 Å². The summed E-state index contributed by atoms with van der Waals surface area (Å²) in [7, 11) is 0. The molecule has 1 aliphatic heterocycles. The molecule has 1 atom stereocenters. The highest BCUT2D eigenvalue weighted by molar-refractivity contribution is 5.92. The molecule has 0 radical (unpaired) electrons. The molecule has 0 bridgehead atoms. The zero-order chi connectivity index (χ0) is 13.8. The van der Waals surface area contributed by atoms with Gasteiger partial charge in [0, 0.05) is 13.1 Å². The summed E-state index contributed by atoms with van der Waals surface area (Å²) in [6, 6.07) is 0. The molecule has 2 fully saturated rings. The average Bonchev–Trinajstić information content (AvgIpc) is 2.89. The number of piperazine rings is 1. The van der Waals surface area contributed by atoms with Gasteiger partial charge in [0.1, 0.15) is 0 Å². The molecular formula is C14H24N2O3. The van der Waals surface area contributed by atoms with Crippen molar-refractivity contribution in [1.82, 2.24) is 9.80 Å². The van der Waals surface area contributed by atoms with Crippen molar-refractivity contribution in [3.05, 3.63) is 0 Å². The number of carbonyl (C=O) groups excluding carboxylic acids is 2. The fourth-order valence-corrected chi connectivity index (χ4v) is 3.06. The molecule has 0 spiro atoms. The second-order valence-electron chi connectivity index (χ2n) is 5.70. The van der Waals surface area contributed by atoms with Gasteiger partial charge in [-0.15, -0.1) is 0 Å². The van der Waals surface area contributed by atoms with Gasteiger partial charge in [0.05, 0.1) is 19.2 Å². The molecular weight excluding hydrogens is 244 g/mol. The molecule has 5 nitrogen and oxygen atoms in total. The Morgan fingerprint density at radius 2 is 1.74 bits per heavy atom. The molecule has 1 saturated heterocycles. The van der Waals surface area contributed by atoms with Crippen LogP contribution in [0.1, 0.15) is 39.0 Å². The smallest absolute Gasteiger partial charge is 0.242 e. The van der Waals surface area contributed by atoms with E-state index in [1.807, 2.05) is 6.92 Å². The van der Waals surface area contributed by atoms with E-state index in [4.69, 9.17) is 0 Å². The number of amides is 2. The van der Waals surface area contributed by atoms with E-state index in [9.17, 15) is 14.7 Å². The highest BCUT2D eigenvalue weighted by Crippen LogP contribution is 2.28. The number of rotatable bonds is 5. The summed E-state index contributed by atoms with van der Waals surface area (Å²) in [5.74, 6) is 0.266. The quantitative estimate of drug-likeness (QED) is 0.795. The van der Waals surface area contributed by atoms with Gasteiger partial charge < -0.3 is 14.9 Å². The summed E-state index contributed by atoms with van der Waals surface area (Å²) >= 11 is 0. The van der Waals surface area contributed by atoms with E-state index in [1.165, 1.54) is 17.7 Å². The lowest BCUT2D eigenvalue weighted by molar-refractivity contribution is -0.151. The van der Waals surface area contributed by atoms with Crippen LogP contribution < -0.4 is 0 Å². The summed E-state index contributed by atoms with van der Waals surface area (Å²) in [4.78, 5) is 27.0. The molecule has 5 heteroatoms. The van der Waals surface area contributed by atoms with Crippen LogP contribution in [0.2, 0.25) is 0 Å². The third-order valence-electron chi connectivity index (χ3n) is 4.20. The Morgan fingerprint density at radius 1 is 1.16 bits per heavy atom. The first-order valence-corrected chi connectivity index (χ1v) is 7.35. The van der Waals surface area contributed by atoms with Gasteiger partial charge >= 0.3 is 0 Å². The van der Waals surface area contributed by atoms with Crippen molar-refractivity contribution >= 4 is 11.8 Å². The van der Waals surface area contributed by atoms with Crippen LogP contribution in [0.5, 0.6) is 0 Å². The van der Waals surface area contributed by atoms with Crippen molar-refractivity contribution in [2.75, 3.05) is 26.2 Å². The largest absolute Gasteiger partial charge is 0.391 e. The van der Waals surface area contributed by atoms with Gasteiger partial charge in [-0.05, 0) is 25.2 Å². The number of aliphatic hydroxyl groups excluding tert-OH is 1. The van der Waals surface area contributed by atoms with Crippen LogP contribution in [-0.4, -0.2) is 59.0 Å². The van der Waals surface area contributed by atoms with Crippen molar-refractivity contribution in [2.45, 2.75) is 45.1 Å². The van der Waals surface area contributed by atoms with E-state index in [1.54, 1.807) is 4.90 Å². The predicted octanol–water partition coefficient (Wildman–Crippen LogP) is 0.618. The molecule has 108 valence electrons. The molecule has 1 aliphatic carbocycles. The van der Waals surface area contributed by atoms with Gasteiger partial charge in [-0.1, -0.05) is 19.8 Å². The van der Waals surface area contributed by atoms with Gasteiger partial charge in [-0.3, -0.25) is 9.59 Å². The van der Waals surface area contributed by atoms with Crippen molar-refractivity contribution in [1.29, 1.82) is 0 Å². The number of β-amino-alcohol motifs (C(OH)–C–C–N with tert-alkyl or cyclic N) is 1. The molecule has 1 N–H and O–H groups in total. The van der Waals surface area contributed by atoms with Gasteiger partial charge in [0.15, 0.2) is 0 Å². The highest BCUT2D eigenvalue weighted by Gasteiger charge is 2.32. The number of hydrogen-bond acceptors (Lipinski definition) is 3. The number of hydrogen-bond donors (Lipinski definition) is 1. The molecule has 2 amide bonds. The average molecular weight is 268 g/mol. The molecule has 2 aliphatic rings. The molecule has 0 aromatic carbocycles. The summed E-state index contributed by atoms with van der Waals surface area (Å²) in [6.45, 7) is 3.25. The third kappa shape index (κ3) is 3.47.